The predicted octanol–water partition coefficient (Wildman–Crippen LogP) is 1.04. The minimum atomic E-state index is -0.192. The second-order valence-corrected chi connectivity index (χ2v) is 5.40. The van der Waals surface area contributed by atoms with Crippen LogP contribution in [0.3, 0.4) is 0 Å². The van der Waals surface area contributed by atoms with Crippen LogP contribution in [0.2, 0.25) is 0 Å². The molecule has 0 aromatic heterocycles. The number of oxime groups is 1. The van der Waals surface area contributed by atoms with E-state index in [1.165, 1.54) is 0 Å². The van der Waals surface area contributed by atoms with Gasteiger partial charge in [-0.1, -0.05) is 11.6 Å². The zero-order valence-electron chi connectivity index (χ0n) is 12.2. The van der Waals surface area contributed by atoms with E-state index in [2.05, 4.69) is 10.5 Å². The first-order valence-corrected chi connectivity index (χ1v) is 7.19. The number of hydrogen-bond donors (Lipinski definition) is 4. The Morgan fingerprint density at radius 3 is 2.90 bits per heavy atom. The third-order valence-corrected chi connectivity index (χ3v) is 4.02. The lowest BCUT2D eigenvalue weighted by molar-refractivity contribution is 0.131. The molecule has 5 N–H and O–H groups in total. The Bertz CT molecular complexity index is 505. The van der Waals surface area contributed by atoms with Crippen molar-refractivity contribution in [2.45, 2.75) is 31.9 Å². The largest absolute Gasteiger partial charge is 0.496 e. The Kier molecular flexibility index (Phi) is 5.41. The van der Waals surface area contributed by atoms with Crippen molar-refractivity contribution in [3.05, 3.63) is 29.3 Å². The van der Waals surface area contributed by atoms with E-state index in [0.29, 0.717) is 18.0 Å². The summed E-state index contributed by atoms with van der Waals surface area (Å²) in [5.74, 6) is 1.15. The summed E-state index contributed by atoms with van der Waals surface area (Å²) in [6.07, 6.45) is 2.86. The normalized spacial score (nSPS) is 22.5. The summed E-state index contributed by atoms with van der Waals surface area (Å²) >= 11 is 0. The molecule has 1 aromatic carbocycles. The minimum Gasteiger partial charge on any atom is -0.496 e. The Morgan fingerprint density at radius 1 is 1.48 bits per heavy atom. The van der Waals surface area contributed by atoms with Crippen LogP contribution in [0, 0.1) is 5.92 Å². The summed E-state index contributed by atoms with van der Waals surface area (Å²) in [4.78, 5) is 0. The maximum absolute atomic E-state index is 9.81. The molecule has 6 heteroatoms. The number of hydrogen-bond acceptors (Lipinski definition) is 5. The van der Waals surface area contributed by atoms with Crippen LogP contribution < -0.4 is 15.8 Å². The van der Waals surface area contributed by atoms with Crippen molar-refractivity contribution in [3.63, 3.8) is 0 Å². The molecule has 2 atom stereocenters. The van der Waals surface area contributed by atoms with Crippen LogP contribution in [-0.2, 0) is 6.54 Å². The average molecular weight is 293 g/mol. The van der Waals surface area contributed by atoms with Crippen LogP contribution in [0.1, 0.15) is 30.4 Å². The molecular weight excluding hydrogens is 270 g/mol. The predicted molar refractivity (Wildman–Crippen MR) is 80.6 cm³/mol. The molecule has 1 aliphatic carbocycles. The average Bonchev–Trinajstić information content (AvgIpc) is 2.91. The Balaban J connectivity index is 2.00. The molecule has 0 heterocycles. The van der Waals surface area contributed by atoms with Crippen molar-refractivity contribution >= 4 is 5.84 Å². The molecule has 6 nitrogen and oxygen atoms in total. The van der Waals surface area contributed by atoms with Gasteiger partial charge in [-0.2, -0.15) is 0 Å². The monoisotopic (exact) mass is 293 g/mol. The summed E-state index contributed by atoms with van der Waals surface area (Å²) in [5.41, 5.74) is 7.19. The topological polar surface area (TPSA) is 100 Å². The maximum Gasteiger partial charge on any atom is 0.170 e. The Morgan fingerprint density at radius 2 is 2.29 bits per heavy atom. The smallest absolute Gasteiger partial charge is 0.170 e. The van der Waals surface area contributed by atoms with Crippen molar-refractivity contribution in [1.29, 1.82) is 0 Å². The van der Waals surface area contributed by atoms with Crippen LogP contribution in [0.15, 0.2) is 23.4 Å². The third-order valence-electron chi connectivity index (χ3n) is 4.02. The summed E-state index contributed by atoms with van der Waals surface area (Å²) in [5, 5.41) is 24.9. The summed E-state index contributed by atoms with van der Waals surface area (Å²) in [7, 11) is 1.61. The van der Waals surface area contributed by atoms with E-state index in [0.717, 1.165) is 37.1 Å². The van der Waals surface area contributed by atoms with E-state index in [4.69, 9.17) is 15.7 Å². The van der Waals surface area contributed by atoms with Crippen LogP contribution in [-0.4, -0.2) is 35.9 Å². The number of nitrogens with zero attached hydrogens (tertiary/aromatic N) is 1. The van der Waals surface area contributed by atoms with Gasteiger partial charge in [-0.25, -0.2) is 0 Å². The van der Waals surface area contributed by atoms with Crippen molar-refractivity contribution in [1.82, 2.24) is 5.32 Å². The Hall–Kier alpha value is -1.79. The van der Waals surface area contributed by atoms with E-state index in [9.17, 15) is 5.11 Å². The fourth-order valence-corrected chi connectivity index (χ4v) is 2.78. The van der Waals surface area contributed by atoms with Gasteiger partial charge in [-0.3, -0.25) is 0 Å². The van der Waals surface area contributed by atoms with Gasteiger partial charge in [0.15, 0.2) is 5.84 Å². The molecule has 0 aliphatic heterocycles. The minimum absolute atomic E-state index is 0.0742. The van der Waals surface area contributed by atoms with Crippen LogP contribution in [0.5, 0.6) is 5.75 Å². The van der Waals surface area contributed by atoms with Crippen molar-refractivity contribution in [2.75, 3.05) is 13.7 Å². The molecule has 0 bridgehead atoms. The van der Waals surface area contributed by atoms with E-state index in [-0.39, 0.29) is 11.9 Å². The molecule has 21 heavy (non-hydrogen) atoms. The maximum atomic E-state index is 9.81. The summed E-state index contributed by atoms with van der Waals surface area (Å²) < 4.78 is 5.32. The highest BCUT2D eigenvalue weighted by atomic mass is 16.5. The van der Waals surface area contributed by atoms with Crippen molar-refractivity contribution in [3.8, 4) is 5.75 Å². The molecule has 2 unspecified atom stereocenters. The number of benzene rings is 1. The number of nitrogens with one attached hydrogen (secondary N) is 1. The second kappa shape index (κ2) is 7.28. The number of ether oxygens (including phenoxy) is 1. The van der Waals surface area contributed by atoms with Crippen LogP contribution in [0.4, 0.5) is 0 Å². The summed E-state index contributed by atoms with van der Waals surface area (Å²) in [6.45, 7) is 1.39. The van der Waals surface area contributed by atoms with E-state index in [1.807, 2.05) is 6.07 Å². The molecule has 1 fully saturated rings. The molecule has 1 saturated carbocycles. The zero-order chi connectivity index (χ0) is 15.2. The molecular formula is C15H23N3O3. The highest BCUT2D eigenvalue weighted by Crippen LogP contribution is 2.25. The lowest BCUT2D eigenvalue weighted by Gasteiger charge is -2.16. The first-order chi connectivity index (χ1) is 10.2. The quantitative estimate of drug-likeness (QED) is 0.272. The van der Waals surface area contributed by atoms with Crippen LogP contribution >= 0.6 is 0 Å². The third kappa shape index (κ3) is 3.86. The highest BCUT2D eigenvalue weighted by molar-refractivity contribution is 5.97. The SMILES string of the molecule is COc1ccc(/C(N)=N/O)cc1CNCC1CCCC1O. The van der Waals surface area contributed by atoms with Gasteiger partial charge in [0, 0.05) is 24.2 Å². The number of aliphatic hydroxyl groups is 1. The Labute approximate surface area is 124 Å². The number of rotatable bonds is 6. The van der Waals surface area contributed by atoms with Gasteiger partial charge in [-0.05, 0) is 37.0 Å². The van der Waals surface area contributed by atoms with Gasteiger partial charge in [0.1, 0.15) is 5.75 Å². The molecule has 0 saturated heterocycles. The number of amidine groups is 1. The fourth-order valence-electron chi connectivity index (χ4n) is 2.78. The number of methoxy groups -OCH3 is 1. The first kappa shape index (κ1) is 15.6. The molecule has 1 aromatic rings. The van der Waals surface area contributed by atoms with Gasteiger partial charge in [0.25, 0.3) is 0 Å². The van der Waals surface area contributed by atoms with Crippen molar-refractivity contribution < 1.29 is 15.1 Å². The summed E-state index contributed by atoms with van der Waals surface area (Å²) in [6, 6.07) is 5.39. The molecule has 116 valence electrons. The number of aliphatic hydroxyl groups excluding tert-OH is 1. The molecule has 0 spiro atoms. The molecule has 2 rings (SSSR count). The lowest BCUT2D eigenvalue weighted by Crippen LogP contribution is -2.27. The van der Waals surface area contributed by atoms with Gasteiger partial charge in [0.05, 0.1) is 13.2 Å². The van der Waals surface area contributed by atoms with E-state index < -0.39 is 0 Å². The van der Waals surface area contributed by atoms with E-state index in [1.54, 1.807) is 19.2 Å². The first-order valence-electron chi connectivity index (χ1n) is 7.19. The lowest BCUT2D eigenvalue weighted by atomic mass is 10.1. The van der Waals surface area contributed by atoms with Gasteiger partial charge < -0.3 is 26.1 Å². The fraction of sp³-hybridized carbons (Fsp3) is 0.533. The van der Waals surface area contributed by atoms with Gasteiger partial charge in [-0.15, -0.1) is 0 Å². The van der Waals surface area contributed by atoms with Gasteiger partial charge in [0.2, 0.25) is 0 Å². The highest BCUT2D eigenvalue weighted by Gasteiger charge is 2.24. The van der Waals surface area contributed by atoms with E-state index >= 15 is 0 Å². The zero-order valence-corrected chi connectivity index (χ0v) is 12.2. The molecule has 0 amide bonds. The molecule has 0 radical (unpaired) electrons. The molecule has 1 aliphatic rings. The van der Waals surface area contributed by atoms with Crippen molar-refractivity contribution in [2.24, 2.45) is 16.8 Å². The van der Waals surface area contributed by atoms with Gasteiger partial charge >= 0.3 is 0 Å². The second-order valence-electron chi connectivity index (χ2n) is 5.40. The van der Waals surface area contributed by atoms with Crippen LogP contribution in [0.25, 0.3) is 0 Å². The standard InChI is InChI=1S/C15H23N3O3/c1-21-14-6-5-10(15(16)18-20)7-12(14)9-17-8-11-3-2-4-13(11)19/h5-7,11,13,17,19-20H,2-4,8-9H2,1H3,(H2,16,18). The number of nitrogens with two attached hydrogens (primary N) is 1.